The number of rotatable bonds is 2. The number of halogens is 3. The lowest BCUT2D eigenvalue weighted by Crippen LogP contribution is -1.72. The molecule has 0 unspecified atom stereocenters. The van der Waals surface area contributed by atoms with Gasteiger partial charge in [-0.2, -0.15) is 0 Å². The maximum Gasteiger partial charge on any atom is 0.0376 e. The molecule has 0 atom stereocenters. The van der Waals surface area contributed by atoms with Gasteiger partial charge in [-0.05, 0) is 77.4 Å². The first-order chi connectivity index (χ1) is 5.27. The van der Waals surface area contributed by atoms with Crippen molar-refractivity contribution >= 4 is 59.2 Å². The van der Waals surface area contributed by atoms with Crippen LogP contribution in [0.25, 0.3) is 0 Å². The summed E-state index contributed by atoms with van der Waals surface area (Å²) >= 11 is 3.37. The van der Waals surface area contributed by atoms with Gasteiger partial charge in [0.15, 0.2) is 0 Å². The molecule has 0 aliphatic carbocycles. The first-order valence-electron chi connectivity index (χ1n) is 2.64. The van der Waals surface area contributed by atoms with Crippen molar-refractivity contribution in [2.75, 3.05) is 0 Å². The van der Waals surface area contributed by atoms with E-state index in [-0.39, 0.29) is 0 Å². The van der Waals surface area contributed by atoms with Crippen LogP contribution < -0.4 is 0 Å². The van der Waals surface area contributed by atoms with Crippen LogP contribution in [0.1, 0.15) is 0 Å². The zero-order chi connectivity index (χ0) is 8.27. The van der Waals surface area contributed by atoms with E-state index in [1.54, 1.807) is 0 Å². The van der Waals surface area contributed by atoms with E-state index in [0.29, 0.717) is 0 Å². The molecule has 1 aromatic carbocycles. The summed E-state index contributed by atoms with van der Waals surface area (Å²) in [6.07, 6.45) is 0. The Morgan fingerprint density at radius 1 is 1.18 bits per heavy atom. The van der Waals surface area contributed by atoms with Gasteiger partial charge in [0.2, 0.25) is 0 Å². The SMILES string of the molecule is ClSc1ccc(SCl)c(Br)c1. The first kappa shape index (κ1) is 10.1. The normalized spacial score (nSPS) is 10.1. The van der Waals surface area contributed by atoms with E-state index >= 15 is 0 Å². The molecular weight excluding hydrogens is 287 g/mol. The highest BCUT2D eigenvalue weighted by molar-refractivity contribution is 9.10. The molecule has 0 aromatic heterocycles. The predicted octanol–water partition coefficient (Wildman–Crippen LogP) is 4.94. The standard InChI is InChI=1S/C6H3BrCl2S2/c7-5-3-4(10-8)1-2-6(5)11-9/h1-3H. The largest absolute Gasteiger partial charge is 0.0495 e. The maximum atomic E-state index is 5.57. The zero-order valence-electron chi connectivity index (χ0n) is 5.18. The van der Waals surface area contributed by atoms with Crippen LogP contribution in [-0.4, -0.2) is 0 Å². The van der Waals surface area contributed by atoms with Crippen LogP contribution in [0.4, 0.5) is 0 Å². The van der Waals surface area contributed by atoms with Crippen molar-refractivity contribution in [3.05, 3.63) is 22.7 Å². The Labute approximate surface area is 91.2 Å². The quantitative estimate of drug-likeness (QED) is 0.756. The average Bonchev–Trinajstić information content (AvgIpc) is 2.04. The molecule has 0 saturated carbocycles. The summed E-state index contributed by atoms with van der Waals surface area (Å²) in [5.74, 6) is 0. The third-order valence-electron chi connectivity index (χ3n) is 1.08. The minimum Gasteiger partial charge on any atom is -0.0495 e. The van der Waals surface area contributed by atoms with E-state index in [0.717, 1.165) is 14.3 Å². The highest BCUT2D eigenvalue weighted by atomic mass is 79.9. The second-order valence-electron chi connectivity index (χ2n) is 1.75. The minimum atomic E-state index is 0.975. The van der Waals surface area contributed by atoms with Crippen molar-refractivity contribution in [2.45, 2.75) is 9.79 Å². The van der Waals surface area contributed by atoms with Crippen LogP contribution in [0.3, 0.4) is 0 Å². The van der Waals surface area contributed by atoms with E-state index < -0.39 is 0 Å². The van der Waals surface area contributed by atoms with E-state index in [1.165, 1.54) is 22.0 Å². The first-order valence-corrected chi connectivity index (χ1v) is 6.72. The van der Waals surface area contributed by atoms with Gasteiger partial charge >= 0.3 is 0 Å². The fourth-order valence-corrected chi connectivity index (χ4v) is 2.87. The topological polar surface area (TPSA) is 0 Å². The van der Waals surface area contributed by atoms with Gasteiger partial charge in [0.25, 0.3) is 0 Å². The lowest BCUT2D eigenvalue weighted by atomic mass is 10.4. The summed E-state index contributed by atoms with van der Waals surface area (Å²) in [4.78, 5) is 2.01. The third kappa shape index (κ3) is 2.74. The van der Waals surface area contributed by atoms with Crippen molar-refractivity contribution < 1.29 is 0 Å². The van der Waals surface area contributed by atoms with Gasteiger partial charge in [-0.25, -0.2) is 0 Å². The molecule has 0 radical (unpaired) electrons. The Morgan fingerprint density at radius 2 is 1.91 bits per heavy atom. The molecule has 0 fully saturated rings. The van der Waals surface area contributed by atoms with Crippen LogP contribution in [0.5, 0.6) is 0 Å². The molecule has 1 aromatic rings. The van der Waals surface area contributed by atoms with Gasteiger partial charge in [-0.1, -0.05) is 0 Å². The maximum absolute atomic E-state index is 5.57. The second-order valence-corrected chi connectivity index (χ2v) is 4.75. The molecule has 0 heterocycles. The molecule has 0 nitrogen and oxygen atoms in total. The van der Waals surface area contributed by atoms with E-state index in [9.17, 15) is 0 Å². The van der Waals surface area contributed by atoms with Gasteiger partial charge < -0.3 is 0 Å². The summed E-state index contributed by atoms with van der Waals surface area (Å²) < 4.78 is 0.975. The van der Waals surface area contributed by atoms with Crippen molar-refractivity contribution in [2.24, 2.45) is 0 Å². The molecule has 0 aliphatic rings. The molecule has 0 bridgehead atoms. The zero-order valence-corrected chi connectivity index (χ0v) is 9.91. The summed E-state index contributed by atoms with van der Waals surface area (Å²) in [6, 6.07) is 5.78. The van der Waals surface area contributed by atoms with Gasteiger partial charge in [-0.3, -0.25) is 0 Å². The summed E-state index contributed by atoms with van der Waals surface area (Å²) in [7, 11) is 13.5. The highest BCUT2D eigenvalue weighted by Crippen LogP contribution is 2.34. The van der Waals surface area contributed by atoms with E-state index in [1.807, 2.05) is 18.2 Å². The molecule has 5 heteroatoms. The Kier molecular flexibility index (Phi) is 4.46. The van der Waals surface area contributed by atoms with Crippen molar-refractivity contribution in [3.63, 3.8) is 0 Å². The van der Waals surface area contributed by atoms with Gasteiger partial charge in [0.05, 0.1) is 0 Å². The fourth-order valence-electron chi connectivity index (χ4n) is 0.592. The summed E-state index contributed by atoms with van der Waals surface area (Å²) in [5.41, 5.74) is 0. The van der Waals surface area contributed by atoms with E-state index in [2.05, 4.69) is 15.9 Å². The van der Waals surface area contributed by atoms with Crippen LogP contribution in [0, 0.1) is 0 Å². The Hall–Kier alpha value is 0.980. The lowest BCUT2D eigenvalue weighted by molar-refractivity contribution is 1.32. The Balaban J connectivity index is 2.99. The molecule has 1 rings (SSSR count). The van der Waals surface area contributed by atoms with Crippen molar-refractivity contribution in [3.8, 4) is 0 Å². The predicted molar refractivity (Wildman–Crippen MR) is 57.6 cm³/mol. The molecule has 0 N–H and O–H groups in total. The number of benzene rings is 1. The molecular formula is C6H3BrCl2S2. The lowest BCUT2D eigenvalue weighted by Gasteiger charge is -1.99. The van der Waals surface area contributed by atoms with Gasteiger partial charge in [0.1, 0.15) is 0 Å². The fraction of sp³-hybridized carbons (Fsp3) is 0. The Bertz CT molecular complexity index is 254. The molecule has 0 spiro atoms. The van der Waals surface area contributed by atoms with Gasteiger partial charge in [-0.15, -0.1) is 0 Å². The molecule has 0 amide bonds. The average molecular weight is 290 g/mol. The molecule has 60 valence electrons. The van der Waals surface area contributed by atoms with Crippen LogP contribution >= 0.6 is 59.2 Å². The van der Waals surface area contributed by atoms with Gasteiger partial charge in [0, 0.05) is 14.3 Å². The summed E-state index contributed by atoms with van der Waals surface area (Å²) in [5, 5.41) is 0. The Morgan fingerprint density at radius 3 is 2.36 bits per heavy atom. The summed E-state index contributed by atoms with van der Waals surface area (Å²) in [6.45, 7) is 0. The number of hydrogen-bond donors (Lipinski definition) is 0. The molecule has 11 heavy (non-hydrogen) atoms. The molecule has 0 aliphatic heterocycles. The van der Waals surface area contributed by atoms with Crippen LogP contribution in [0.2, 0.25) is 0 Å². The molecule has 0 saturated heterocycles. The van der Waals surface area contributed by atoms with Crippen LogP contribution in [0.15, 0.2) is 32.5 Å². The van der Waals surface area contributed by atoms with Crippen molar-refractivity contribution in [1.82, 2.24) is 0 Å². The van der Waals surface area contributed by atoms with Crippen LogP contribution in [-0.2, 0) is 0 Å². The van der Waals surface area contributed by atoms with Crippen molar-refractivity contribution in [1.29, 1.82) is 0 Å². The van der Waals surface area contributed by atoms with E-state index in [4.69, 9.17) is 21.4 Å². The second kappa shape index (κ2) is 4.87. The number of hydrogen-bond acceptors (Lipinski definition) is 2. The third-order valence-corrected chi connectivity index (χ3v) is 3.98. The minimum absolute atomic E-state index is 0.975. The smallest absolute Gasteiger partial charge is 0.0376 e. The highest BCUT2D eigenvalue weighted by Gasteiger charge is 2.00. The monoisotopic (exact) mass is 288 g/mol.